The number of rotatable bonds is 8. The highest BCUT2D eigenvalue weighted by Crippen LogP contribution is 2.20. The Balaban J connectivity index is 1.85. The van der Waals surface area contributed by atoms with E-state index in [1.165, 1.54) is 24.3 Å². The monoisotopic (exact) mass is 443 g/mol. The van der Waals surface area contributed by atoms with E-state index < -0.39 is 33.2 Å². The second-order valence-corrected chi connectivity index (χ2v) is 8.51. The molecule has 0 aliphatic heterocycles. The SMILES string of the molecule is O=C(CN(Cc1ccccc1)S(=O)(=O)c1ccc(F)cc1)Nc1cccc([N+](=O)[O-])c1. The molecule has 0 radical (unpaired) electrons. The van der Waals surface area contributed by atoms with Gasteiger partial charge in [0.1, 0.15) is 5.82 Å². The molecule has 0 unspecified atom stereocenters. The molecule has 1 N–H and O–H groups in total. The van der Waals surface area contributed by atoms with Gasteiger partial charge in [0.05, 0.1) is 16.4 Å². The Morgan fingerprint density at radius 1 is 1.00 bits per heavy atom. The summed E-state index contributed by atoms with van der Waals surface area (Å²) < 4.78 is 40.4. The average molecular weight is 443 g/mol. The van der Waals surface area contributed by atoms with Crippen molar-refractivity contribution >= 4 is 27.3 Å². The number of amides is 1. The van der Waals surface area contributed by atoms with E-state index in [0.717, 1.165) is 28.6 Å². The van der Waals surface area contributed by atoms with Gasteiger partial charge in [-0.1, -0.05) is 36.4 Å². The van der Waals surface area contributed by atoms with Crippen LogP contribution in [-0.4, -0.2) is 30.1 Å². The number of sulfonamides is 1. The summed E-state index contributed by atoms with van der Waals surface area (Å²) in [6.45, 7) is -0.639. The summed E-state index contributed by atoms with van der Waals surface area (Å²) in [6, 6.07) is 18.3. The molecule has 3 aromatic carbocycles. The summed E-state index contributed by atoms with van der Waals surface area (Å²) in [5.41, 5.74) is 0.604. The minimum Gasteiger partial charge on any atom is -0.325 e. The maximum atomic E-state index is 13.2. The summed E-state index contributed by atoms with van der Waals surface area (Å²) in [6.07, 6.45) is 0. The molecule has 0 aromatic heterocycles. The maximum absolute atomic E-state index is 13.2. The van der Waals surface area contributed by atoms with Crippen molar-refractivity contribution in [3.8, 4) is 0 Å². The quantitative estimate of drug-likeness (QED) is 0.423. The first-order valence-electron chi connectivity index (χ1n) is 9.09. The van der Waals surface area contributed by atoms with Gasteiger partial charge in [-0.3, -0.25) is 14.9 Å². The standard InChI is InChI=1S/C21H18FN3O5S/c22-17-9-11-20(12-10-17)31(29,30)24(14-16-5-2-1-3-6-16)15-21(26)23-18-7-4-8-19(13-18)25(27)28/h1-13H,14-15H2,(H,23,26). The number of nitro groups is 1. The number of hydrogen-bond acceptors (Lipinski definition) is 5. The van der Waals surface area contributed by atoms with Crippen LogP contribution < -0.4 is 5.32 Å². The number of non-ortho nitro benzene ring substituents is 1. The van der Waals surface area contributed by atoms with Crippen molar-refractivity contribution in [2.45, 2.75) is 11.4 Å². The number of anilines is 1. The van der Waals surface area contributed by atoms with Crippen molar-refractivity contribution in [3.63, 3.8) is 0 Å². The summed E-state index contributed by atoms with van der Waals surface area (Å²) >= 11 is 0. The van der Waals surface area contributed by atoms with E-state index in [9.17, 15) is 27.7 Å². The topological polar surface area (TPSA) is 110 Å². The number of nitrogens with one attached hydrogen (secondary N) is 1. The van der Waals surface area contributed by atoms with Crippen LogP contribution in [0, 0.1) is 15.9 Å². The Bertz CT molecular complexity index is 1190. The van der Waals surface area contributed by atoms with E-state index in [-0.39, 0.29) is 22.8 Å². The Hall–Kier alpha value is -3.63. The zero-order valence-electron chi connectivity index (χ0n) is 16.1. The van der Waals surface area contributed by atoms with Crippen LogP contribution in [0.4, 0.5) is 15.8 Å². The molecule has 31 heavy (non-hydrogen) atoms. The highest BCUT2D eigenvalue weighted by Gasteiger charge is 2.27. The molecule has 0 spiro atoms. The smallest absolute Gasteiger partial charge is 0.271 e. The van der Waals surface area contributed by atoms with Gasteiger partial charge >= 0.3 is 0 Å². The number of halogens is 1. The second kappa shape index (κ2) is 9.45. The van der Waals surface area contributed by atoms with E-state index in [1.807, 2.05) is 0 Å². The van der Waals surface area contributed by atoms with Crippen molar-refractivity contribution in [2.24, 2.45) is 0 Å². The number of carbonyl (C=O) groups excluding carboxylic acids is 1. The van der Waals surface area contributed by atoms with E-state index in [4.69, 9.17) is 0 Å². The normalized spacial score (nSPS) is 11.3. The van der Waals surface area contributed by atoms with Gasteiger partial charge in [-0.05, 0) is 35.9 Å². The summed E-state index contributed by atoms with van der Waals surface area (Å²) in [5, 5.41) is 13.4. The average Bonchev–Trinajstić information content (AvgIpc) is 2.74. The molecule has 3 aromatic rings. The summed E-state index contributed by atoms with van der Waals surface area (Å²) in [7, 11) is -4.13. The third kappa shape index (κ3) is 5.71. The molecular formula is C21H18FN3O5S. The van der Waals surface area contributed by atoms with Gasteiger partial charge in [0.15, 0.2) is 0 Å². The zero-order valence-corrected chi connectivity index (χ0v) is 17.0. The number of carbonyl (C=O) groups is 1. The predicted octanol–water partition coefficient (Wildman–Crippen LogP) is 3.56. The summed E-state index contributed by atoms with van der Waals surface area (Å²) in [5.74, 6) is -1.26. The van der Waals surface area contributed by atoms with Crippen molar-refractivity contribution in [2.75, 3.05) is 11.9 Å². The fourth-order valence-corrected chi connectivity index (χ4v) is 4.21. The fourth-order valence-electron chi connectivity index (χ4n) is 2.83. The lowest BCUT2D eigenvalue weighted by Crippen LogP contribution is -2.37. The highest BCUT2D eigenvalue weighted by atomic mass is 32.2. The molecule has 0 aliphatic carbocycles. The van der Waals surface area contributed by atoms with Gasteiger partial charge in [0, 0.05) is 24.4 Å². The molecule has 10 heteroatoms. The van der Waals surface area contributed by atoms with E-state index in [0.29, 0.717) is 5.56 Å². The van der Waals surface area contributed by atoms with Gasteiger partial charge in [0.2, 0.25) is 15.9 Å². The molecule has 0 aliphatic rings. The van der Waals surface area contributed by atoms with Crippen molar-refractivity contribution in [3.05, 3.63) is 100 Å². The van der Waals surface area contributed by atoms with E-state index >= 15 is 0 Å². The molecule has 1 amide bonds. The second-order valence-electron chi connectivity index (χ2n) is 6.57. The molecule has 160 valence electrons. The fraction of sp³-hybridized carbons (Fsp3) is 0.0952. The Morgan fingerprint density at radius 2 is 1.68 bits per heavy atom. The molecule has 0 saturated heterocycles. The van der Waals surface area contributed by atoms with Crippen molar-refractivity contribution < 1.29 is 22.5 Å². The first kappa shape index (κ1) is 22.1. The molecular weight excluding hydrogens is 425 g/mol. The van der Waals surface area contributed by atoms with Crippen LogP contribution in [0.1, 0.15) is 5.56 Å². The van der Waals surface area contributed by atoms with Crippen LogP contribution >= 0.6 is 0 Å². The Morgan fingerprint density at radius 3 is 2.32 bits per heavy atom. The zero-order chi connectivity index (χ0) is 22.4. The lowest BCUT2D eigenvalue weighted by Gasteiger charge is -2.22. The Kier molecular flexibility index (Phi) is 6.73. The van der Waals surface area contributed by atoms with Crippen LogP contribution in [0.25, 0.3) is 0 Å². The minimum atomic E-state index is -4.13. The number of nitro benzene ring substituents is 1. The molecule has 0 bridgehead atoms. The molecule has 0 saturated carbocycles. The number of hydrogen-bond donors (Lipinski definition) is 1. The molecule has 3 rings (SSSR count). The number of benzene rings is 3. The largest absolute Gasteiger partial charge is 0.325 e. The Labute approximate surface area is 178 Å². The highest BCUT2D eigenvalue weighted by molar-refractivity contribution is 7.89. The molecule has 8 nitrogen and oxygen atoms in total. The first-order chi connectivity index (χ1) is 14.8. The first-order valence-corrected chi connectivity index (χ1v) is 10.5. The van der Waals surface area contributed by atoms with Crippen LogP contribution in [0.5, 0.6) is 0 Å². The third-order valence-electron chi connectivity index (χ3n) is 4.31. The van der Waals surface area contributed by atoms with Gasteiger partial charge in [-0.15, -0.1) is 0 Å². The third-order valence-corrected chi connectivity index (χ3v) is 6.12. The lowest BCUT2D eigenvalue weighted by atomic mass is 10.2. The van der Waals surface area contributed by atoms with Gasteiger partial charge in [0.25, 0.3) is 5.69 Å². The summed E-state index contributed by atoms with van der Waals surface area (Å²) in [4.78, 5) is 22.7. The molecule has 0 atom stereocenters. The van der Waals surface area contributed by atoms with Crippen LogP contribution in [0.3, 0.4) is 0 Å². The van der Waals surface area contributed by atoms with Crippen molar-refractivity contribution in [1.82, 2.24) is 4.31 Å². The maximum Gasteiger partial charge on any atom is 0.271 e. The number of nitrogens with zero attached hydrogens (tertiary/aromatic N) is 2. The van der Waals surface area contributed by atoms with Crippen LogP contribution in [0.15, 0.2) is 83.8 Å². The lowest BCUT2D eigenvalue weighted by molar-refractivity contribution is -0.384. The molecule has 0 heterocycles. The van der Waals surface area contributed by atoms with E-state index in [1.54, 1.807) is 30.3 Å². The van der Waals surface area contributed by atoms with Gasteiger partial charge < -0.3 is 5.32 Å². The van der Waals surface area contributed by atoms with Crippen molar-refractivity contribution in [1.29, 1.82) is 0 Å². The predicted molar refractivity (Wildman–Crippen MR) is 112 cm³/mol. The van der Waals surface area contributed by atoms with Crippen LogP contribution in [0.2, 0.25) is 0 Å². The minimum absolute atomic E-state index is 0.0943. The van der Waals surface area contributed by atoms with Crippen LogP contribution in [-0.2, 0) is 21.4 Å². The van der Waals surface area contributed by atoms with E-state index in [2.05, 4.69) is 5.32 Å². The van der Waals surface area contributed by atoms with Gasteiger partial charge in [-0.25, -0.2) is 12.8 Å². The van der Waals surface area contributed by atoms with Gasteiger partial charge in [-0.2, -0.15) is 4.31 Å². The molecule has 0 fully saturated rings.